The summed E-state index contributed by atoms with van der Waals surface area (Å²) in [5.41, 5.74) is 7.83. The van der Waals surface area contributed by atoms with E-state index in [0.717, 1.165) is 20.8 Å². The molecule has 1 aromatic carbocycles. The molecule has 0 aliphatic rings. The van der Waals surface area contributed by atoms with E-state index < -0.39 is 0 Å². The van der Waals surface area contributed by atoms with Crippen molar-refractivity contribution in [3.63, 3.8) is 0 Å². The van der Waals surface area contributed by atoms with Gasteiger partial charge in [0.15, 0.2) is 0 Å². The third-order valence-electron chi connectivity index (χ3n) is 2.96. The SMILES string of the molecule is Cc1cnc(CNC(=O)c2cc3cc(N)ccc3[nH]2)s1. The molecule has 0 bridgehead atoms. The summed E-state index contributed by atoms with van der Waals surface area (Å²) in [7, 11) is 0. The van der Waals surface area contributed by atoms with Gasteiger partial charge in [-0.3, -0.25) is 4.79 Å². The van der Waals surface area contributed by atoms with Crippen LogP contribution in [0.15, 0.2) is 30.5 Å². The summed E-state index contributed by atoms with van der Waals surface area (Å²) in [6, 6.07) is 7.31. The number of aromatic nitrogens is 2. The zero-order chi connectivity index (χ0) is 14.1. The van der Waals surface area contributed by atoms with E-state index in [1.165, 1.54) is 0 Å². The van der Waals surface area contributed by atoms with Crippen LogP contribution in [0.3, 0.4) is 0 Å². The number of thiazole rings is 1. The van der Waals surface area contributed by atoms with Gasteiger partial charge in [0.2, 0.25) is 0 Å². The number of hydrogen-bond donors (Lipinski definition) is 3. The number of hydrogen-bond acceptors (Lipinski definition) is 4. The molecule has 0 aliphatic heterocycles. The number of aryl methyl sites for hydroxylation is 1. The van der Waals surface area contributed by atoms with Crippen LogP contribution in [0.2, 0.25) is 0 Å². The van der Waals surface area contributed by atoms with Crippen LogP contribution in [0.5, 0.6) is 0 Å². The van der Waals surface area contributed by atoms with Gasteiger partial charge >= 0.3 is 0 Å². The number of benzene rings is 1. The predicted octanol–water partition coefficient (Wildman–Crippen LogP) is 2.45. The number of H-pyrrole nitrogens is 1. The number of nitrogen functional groups attached to an aromatic ring is 1. The molecule has 0 spiro atoms. The van der Waals surface area contributed by atoms with Crippen molar-refractivity contribution < 1.29 is 4.79 Å². The van der Waals surface area contributed by atoms with Gasteiger partial charge < -0.3 is 16.0 Å². The Hall–Kier alpha value is -2.34. The first-order chi connectivity index (χ1) is 9.61. The summed E-state index contributed by atoms with van der Waals surface area (Å²) in [6.07, 6.45) is 1.80. The molecule has 0 radical (unpaired) electrons. The number of amides is 1. The third kappa shape index (κ3) is 2.50. The highest BCUT2D eigenvalue weighted by atomic mass is 32.1. The van der Waals surface area contributed by atoms with Crippen LogP contribution >= 0.6 is 11.3 Å². The van der Waals surface area contributed by atoms with Gasteiger partial charge in [-0.15, -0.1) is 11.3 Å². The maximum absolute atomic E-state index is 12.1. The maximum Gasteiger partial charge on any atom is 0.268 e. The first kappa shape index (κ1) is 12.7. The Morgan fingerprint density at radius 3 is 3.05 bits per heavy atom. The number of nitrogens with zero attached hydrogens (tertiary/aromatic N) is 1. The van der Waals surface area contributed by atoms with Crippen LogP contribution in [0.4, 0.5) is 5.69 Å². The Morgan fingerprint density at radius 1 is 1.45 bits per heavy atom. The molecule has 20 heavy (non-hydrogen) atoms. The standard InChI is InChI=1S/C14H14N4OS/c1-8-6-16-13(20-8)7-17-14(19)12-5-9-4-10(15)2-3-11(9)18-12/h2-6,18H,7,15H2,1H3,(H,17,19). The van der Waals surface area contributed by atoms with E-state index in [1.54, 1.807) is 29.7 Å². The van der Waals surface area contributed by atoms with Crippen LogP contribution in [-0.4, -0.2) is 15.9 Å². The largest absolute Gasteiger partial charge is 0.399 e. The lowest BCUT2D eigenvalue weighted by atomic mass is 10.2. The molecule has 0 saturated carbocycles. The van der Waals surface area contributed by atoms with Crippen LogP contribution in [0.1, 0.15) is 20.4 Å². The van der Waals surface area contributed by atoms with Gasteiger partial charge in [0.1, 0.15) is 10.7 Å². The Kier molecular flexibility index (Phi) is 3.15. The Morgan fingerprint density at radius 2 is 2.30 bits per heavy atom. The quantitative estimate of drug-likeness (QED) is 0.647. The minimum Gasteiger partial charge on any atom is -0.399 e. The van der Waals surface area contributed by atoms with Crippen molar-refractivity contribution in [3.8, 4) is 0 Å². The molecule has 3 rings (SSSR count). The van der Waals surface area contributed by atoms with Crippen molar-refractivity contribution in [3.05, 3.63) is 46.0 Å². The molecule has 0 aliphatic carbocycles. The number of carbonyl (C=O) groups excluding carboxylic acids is 1. The normalized spacial score (nSPS) is 10.8. The number of rotatable bonds is 3. The van der Waals surface area contributed by atoms with E-state index >= 15 is 0 Å². The summed E-state index contributed by atoms with van der Waals surface area (Å²) < 4.78 is 0. The number of nitrogens with one attached hydrogen (secondary N) is 2. The molecule has 102 valence electrons. The zero-order valence-electron chi connectivity index (χ0n) is 10.9. The summed E-state index contributed by atoms with van der Waals surface area (Å²) in [5.74, 6) is -0.146. The molecule has 3 aromatic rings. The lowest BCUT2D eigenvalue weighted by molar-refractivity contribution is 0.0946. The van der Waals surface area contributed by atoms with Gasteiger partial charge in [0, 0.05) is 27.7 Å². The molecular weight excluding hydrogens is 272 g/mol. The molecule has 6 heteroatoms. The van der Waals surface area contributed by atoms with E-state index in [-0.39, 0.29) is 5.91 Å². The predicted molar refractivity (Wildman–Crippen MR) is 80.7 cm³/mol. The number of aromatic amines is 1. The van der Waals surface area contributed by atoms with E-state index in [1.807, 2.05) is 19.1 Å². The fourth-order valence-electron chi connectivity index (χ4n) is 2.01. The lowest BCUT2D eigenvalue weighted by Gasteiger charge is -2.00. The molecule has 1 amide bonds. The van der Waals surface area contributed by atoms with E-state index in [2.05, 4.69) is 15.3 Å². The van der Waals surface area contributed by atoms with Crippen LogP contribution in [0, 0.1) is 6.92 Å². The molecular formula is C14H14N4OS. The molecule has 4 N–H and O–H groups in total. The van der Waals surface area contributed by atoms with E-state index in [9.17, 15) is 4.79 Å². The van der Waals surface area contributed by atoms with Gasteiger partial charge in [-0.25, -0.2) is 4.98 Å². The minimum atomic E-state index is -0.146. The Balaban J connectivity index is 1.75. The maximum atomic E-state index is 12.1. The minimum absolute atomic E-state index is 0.146. The second-order valence-electron chi connectivity index (χ2n) is 4.58. The average molecular weight is 286 g/mol. The fraction of sp³-hybridized carbons (Fsp3) is 0.143. The molecule has 5 nitrogen and oxygen atoms in total. The summed E-state index contributed by atoms with van der Waals surface area (Å²) in [6.45, 7) is 2.43. The first-order valence-corrected chi connectivity index (χ1v) is 7.01. The van der Waals surface area contributed by atoms with Crippen molar-refractivity contribution in [2.24, 2.45) is 0 Å². The first-order valence-electron chi connectivity index (χ1n) is 6.19. The topological polar surface area (TPSA) is 83.8 Å². The van der Waals surface area contributed by atoms with Gasteiger partial charge in [0.25, 0.3) is 5.91 Å². The molecule has 2 aromatic heterocycles. The molecule has 0 unspecified atom stereocenters. The number of carbonyl (C=O) groups is 1. The van der Waals surface area contributed by atoms with Crippen molar-refractivity contribution in [2.45, 2.75) is 13.5 Å². The van der Waals surface area contributed by atoms with Gasteiger partial charge in [0.05, 0.1) is 6.54 Å². The number of anilines is 1. The monoisotopic (exact) mass is 286 g/mol. The Bertz CT molecular complexity index is 774. The second kappa shape index (κ2) is 4.97. The molecule has 0 atom stereocenters. The lowest BCUT2D eigenvalue weighted by Crippen LogP contribution is -2.22. The summed E-state index contributed by atoms with van der Waals surface area (Å²) in [4.78, 5) is 20.5. The van der Waals surface area contributed by atoms with E-state index in [4.69, 9.17) is 5.73 Å². The summed E-state index contributed by atoms with van der Waals surface area (Å²) in [5, 5.41) is 4.68. The van der Waals surface area contributed by atoms with E-state index in [0.29, 0.717) is 17.9 Å². The molecule has 0 fully saturated rings. The van der Waals surface area contributed by atoms with Crippen molar-refractivity contribution in [2.75, 3.05) is 5.73 Å². The molecule has 2 heterocycles. The van der Waals surface area contributed by atoms with Gasteiger partial charge in [-0.05, 0) is 31.2 Å². The highest BCUT2D eigenvalue weighted by molar-refractivity contribution is 7.11. The highest BCUT2D eigenvalue weighted by Gasteiger charge is 2.10. The van der Waals surface area contributed by atoms with Crippen molar-refractivity contribution >= 4 is 33.8 Å². The number of fused-ring (bicyclic) bond motifs is 1. The second-order valence-corrected chi connectivity index (χ2v) is 5.90. The zero-order valence-corrected chi connectivity index (χ0v) is 11.8. The number of nitrogens with two attached hydrogens (primary N) is 1. The molecule has 0 saturated heterocycles. The smallest absolute Gasteiger partial charge is 0.268 e. The van der Waals surface area contributed by atoms with Crippen LogP contribution in [0.25, 0.3) is 10.9 Å². The van der Waals surface area contributed by atoms with Gasteiger partial charge in [-0.2, -0.15) is 0 Å². The van der Waals surface area contributed by atoms with Gasteiger partial charge in [-0.1, -0.05) is 0 Å². The van der Waals surface area contributed by atoms with Crippen LogP contribution < -0.4 is 11.1 Å². The summed E-state index contributed by atoms with van der Waals surface area (Å²) >= 11 is 1.58. The van der Waals surface area contributed by atoms with Crippen molar-refractivity contribution in [1.82, 2.24) is 15.3 Å². The average Bonchev–Trinajstić information content (AvgIpc) is 3.01. The van der Waals surface area contributed by atoms with Crippen molar-refractivity contribution in [1.29, 1.82) is 0 Å². The third-order valence-corrected chi connectivity index (χ3v) is 3.87. The highest BCUT2D eigenvalue weighted by Crippen LogP contribution is 2.18. The Labute approximate surface area is 119 Å². The fourth-order valence-corrected chi connectivity index (χ4v) is 2.73. The van der Waals surface area contributed by atoms with Crippen LogP contribution in [-0.2, 0) is 6.54 Å².